The van der Waals surface area contributed by atoms with Crippen molar-refractivity contribution in [2.24, 2.45) is 0 Å². The molecule has 0 bridgehead atoms. The highest BCUT2D eigenvalue weighted by Gasteiger charge is 2.43. The first kappa shape index (κ1) is 27.9. The van der Waals surface area contributed by atoms with Gasteiger partial charge in [0.15, 0.2) is 0 Å². The third-order valence-corrected chi connectivity index (χ3v) is 9.00. The Balaban J connectivity index is 1.94. The number of aryl methyl sites for hydroxylation is 2. The molecular formula is C30H34FN2O4P. The molecule has 4 rings (SSSR count). The van der Waals surface area contributed by atoms with E-state index in [4.69, 9.17) is 9.05 Å². The largest absolute Gasteiger partial charge is 0.352 e. The number of benzene rings is 3. The van der Waals surface area contributed by atoms with Gasteiger partial charge in [-0.1, -0.05) is 42.5 Å². The van der Waals surface area contributed by atoms with E-state index in [9.17, 15) is 13.8 Å². The second-order valence-electron chi connectivity index (χ2n) is 9.34. The Hall–Kier alpha value is -3.09. The van der Waals surface area contributed by atoms with Crippen LogP contribution in [-0.4, -0.2) is 23.1 Å². The summed E-state index contributed by atoms with van der Waals surface area (Å²) in [7, 11) is -3.89. The standard InChI is InChI=1S/C30H34FN2O4P/c1-5-36-38(35,37-6-2)30(27-18-25-16-21(3)22(4)17-28(25)32-29(27)34)33(19-23-10-8-7-9-11-23)20-24-12-14-26(31)15-13-24/h7-18,30H,5-6,19-20H2,1-4H3,(H,32,34). The van der Waals surface area contributed by atoms with Crippen molar-refractivity contribution in [2.45, 2.75) is 46.6 Å². The lowest BCUT2D eigenvalue weighted by molar-refractivity contribution is 0.153. The van der Waals surface area contributed by atoms with Crippen LogP contribution in [0.4, 0.5) is 4.39 Å². The Labute approximate surface area is 223 Å². The number of H-pyrrole nitrogens is 1. The van der Waals surface area contributed by atoms with Crippen LogP contribution in [0.3, 0.4) is 0 Å². The number of pyridine rings is 1. The summed E-state index contributed by atoms with van der Waals surface area (Å²) in [5.41, 5.74) is 4.55. The van der Waals surface area contributed by atoms with E-state index in [1.165, 1.54) is 12.1 Å². The minimum Gasteiger partial charge on any atom is -0.322 e. The summed E-state index contributed by atoms with van der Waals surface area (Å²) in [6.45, 7) is 8.44. The number of halogens is 1. The first-order valence-electron chi connectivity index (χ1n) is 12.8. The molecule has 1 aromatic heterocycles. The number of fused-ring (bicyclic) bond motifs is 1. The normalized spacial score (nSPS) is 12.8. The van der Waals surface area contributed by atoms with Crippen molar-refractivity contribution < 1.29 is 18.0 Å². The van der Waals surface area contributed by atoms with Gasteiger partial charge in [0.05, 0.1) is 13.2 Å². The zero-order chi connectivity index (χ0) is 27.3. The summed E-state index contributed by atoms with van der Waals surface area (Å²) < 4.78 is 39.9. The van der Waals surface area contributed by atoms with Gasteiger partial charge in [0.25, 0.3) is 5.56 Å². The van der Waals surface area contributed by atoms with Gasteiger partial charge in [-0.25, -0.2) is 4.39 Å². The van der Waals surface area contributed by atoms with Crippen LogP contribution in [0.2, 0.25) is 0 Å². The second-order valence-corrected chi connectivity index (χ2v) is 11.4. The van der Waals surface area contributed by atoms with Crippen molar-refractivity contribution in [3.63, 3.8) is 0 Å². The maximum Gasteiger partial charge on any atom is 0.352 e. The SMILES string of the molecule is CCOP(=O)(OCC)C(c1cc2cc(C)c(C)cc2[nH]c1=O)N(Cc1ccccc1)Cc1ccc(F)cc1. The van der Waals surface area contributed by atoms with E-state index in [1.807, 2.05) is 61.2 Å². The summed E-state index contributed by atoms with van der Waals surface area (Å²) in [6, 6.07) is 21.6. The average Bonchev–Trinajstić information content (AvgIpc) is 2.88. The Morgan fingerprint density at radius 1 is 0.868 bits per heavy atom. The van der Waals surface area contributed by atoms with Gasteiger partial charge in [0.2, 0.25) is 0 Å². The zero-order valence-electron chi connectivity index (χ0n) is 22.2. The molecule has 200 valence electrons. The lowest BCUT2D eigenvalue weighted by Crippen LogP contribution is -2.33. The molecule has 1 unspecified atom stereocenters. The molecule has 0 aliphatic heterocycles. The third kappa shape index (κ3) is 6.30. The predicted octanol–water partition coefficient (Wildman–Crippen LogP) is 7.25. The topological polar surface area (TPSA) is 71.6 Å². The second kappa shape index (κ2) is 12.2. The number of rotatable bonds is 11. The van der Waals surface area contributed by atoms with Crippen molar-refractivity contribution in [2.75, 3.05) is 13.2 Å². The van der Waals surface area contributed by atoms with Crippen LogP contribution in [0.1, 0.15) is 47.4 Å². The Kier molecular flexibility index (Phi) is 8.95. The van der Waals surface area contributed by atoms with E-state index in [1.54, 1.807) is 32.0 Å². The number of nitrogens with one attached hydrogen (secondary N) is 1. The van der Waals surface area contributed by atoms with Gasteiger partial charge in [0.1, 0.15) is 11.6 Å². The van der Waals surface area contributed by atoms with Crippen LogP contribution in [0.15, 0.2) is 77.6 Å². The van der Waals surface area contributed by atoms with E-state index in [-0.39, 0.29) is 31.1 Å². The number of nitrogens with zero attached hydrogens (tertiary/aromatic N) is 1. The molecule has 1 heterocycles. The molecule has 3 aromatic carbocycles. The molecule has 0 fully saturated rings. The fraction of sp³-hybridized carbons (Fsp3) is 0.300. The third-order valence-electron chi connectivity index (χ3n) is 6.56. The molecule has 1 N–H and O–H groups in total. The quantitative estimate of drug-likeness (QED) is 0.205. The van der Waals surface area contributed by atoms with Crippen molar-refractivity contribution >= 4 is 18.5 Å². The van der Waals surface area contributed by atoms with Gasteiger partial charge in [-0.3, -0.25) is 14.3 Å². The van der Waals surface area contributed by atoms with Crippen molar-refractivity contribution in [3.05, 3.63) is 117 Å². The number of aromatic amines is 1. The molecule has 4 aromatic rings. The Morgan fingerprint density at radius 2 is 1.45 bits per heavy atom. The monoisotopic (exact) mass is 536 g/mol. The molecule has 0 amide bonds. The summed E-state index contributed by atoms with van der Waals surface area (Å²) in [5, 5.41) is 0.827. The molecule has 0 spiro atoms. The fourth-order valence-electron chi connectivity index (χ4n) is 4.66. The summed E-state index contributed by atoms with van der Waals surface area (Å²) in [5.74, 6) is -1.35. The fourth-order valence-corrected chi connectivity index (χ4v) is 6.83. The van der Waals surface area contributed by atoms with Gasteiger partial charge in [-0.2, -0.15) is 0 Å². The summed E-state index contributed by atoms with van der Waals surface area (Å²) >= 11 is 0. The van der Waals surface area contributed by atoms with Gasteiger partial charge >= 0.3 is 7.60 Å². The van der Waals surface area contributed by atoms with Crippen molar-refractivity contribution in [3.8, 4) is 0 Å². The van der Waals surface area contributed by atoms with Crippen LogP contribution in [0.5, 0.6) is 0 Å². The minimum absolute atomic E-state index is 0.146. The molecule has 8 heteroatoms. The zero-order valence-corrected chi connectivity index (χ0v) is 23.1. The smallest absolute Gasteiger partial charge is 0.322 e. The molecule has 6 nitrogen and oxygen atoms in total. The Bertz CT molecular complexity index is 1480. The lowest BCUT2D eigenvalue weighted by atomic mass is 10.0. The molecule has 0 aliphatic carbocycles. The molecule has 0 saturated heterocycles. The van der Waals surface area contributed by atoms with Crippen LogP contribution in [-0.2, 0) is 26.7 Å². The summed E-state index contributed by atoms with van der Waals surface area (Å²) in [6.07, 6.45) is 0. The average molecular weight is 537 g/mol. The van der Waals surface area contributed by atoms with Gasteiger partial charge < -0.3 is 14.0 Å². The van der Waals surface area contributed by atoms with E-state index in [0.717, 1.165) is 27.6 Å². The van der Waals surface area contributed by atoms with Crippen LogP contribution in [0, 0.1) is 19.7 Å². The van der Waals surface area contributed by atoms with E-state index >= 15 is 0 Å². The Morgan fingerprint density at radius 3 is 2.05 bits per heavy atom. The maximum atomic E-state index is 14.5. The molecular weight excluding hydrogens is 502 g/mol. The van der Waals surface area contributed by atoms with Crippen LogP contribution >= 0.6 is 7.60 Å². The highest BCUT2D eigenvalue weighted by atomic mass is 31.2. The number of aromatic nitrogens is 1. The van der Waals surface area contributed by atoms with Gasteiger partial charge in [-0.15, -0.1) is 0 Å². The maximum absolute atomic E-state index is 14.5. The lowest BCUT2D eigenvalue weighted by Gasteiger charge is -2.36. The summed E-state index contributed by atoms with van der Waals surface area (Å²) in [4.78, 5) is 18.5. The molecule has 0 saturated carbocycles. The van der Waals surface area contributed by atoms with E-state index in [0.29, 0.717) is 17.6 Å². The molecule has 38 heavy (non-hydrogen) atoms. The number of hydrogen-bond donors (Lipinski definition) is 1. The van der Waals surface area contributed by atoms with E-state index < -0.39 is 13.4 Å². The van der Waals surface area contributed by atoms with E-state index in [2.05, 4.69) is 4.98 Å². The first-order valence-corrected chi connectivity index (χ1v) is 14.4. The number of hydrogen-bond acceptors (Lipinski definition) is 5. The van der Waals surface area contributed by atoms with Gasteiger partial charge in [0, 0.05) is 24.2 Å². The van der Waals surface area contributed by atoms with Crippen LogP contribution < -0.4 is 5.56 Å². The van der Waals surface area contributed by atoms with Gasteiger partial charge in [-0.05, 0) is 85.7 Å². The predicted molar refractivity (Wildman–Crippen MR) is 150 cm³/mol. The first-order chi connectivity index (χ1) is 18.2. The molecule has 0 aliphatic rings. The van der Waals surface area contributed by atoms with Crippen molar-refractivity contribution in [1.29, 1.82) is 0 Å². The highest BCUT2D eigenvalue weighted by molar-refractivity contribution is 7.54. The minimum atomic E-state index is -3.89. The highest BCUT2D eigenvalue weighted by Crippen LogP contribution is 2.62. The molecule has 1 atom stereocenters. The van der Waals surface area contributed by atoms with Crippen molar-refractivity contribution in [1.82, 2.24) is 9.88 Å². The molecule has 0 radical (unpaired) electrons. The van der Waals surface area contributed by atoms with Crippen LogP contribution in [0.25, 0.3) is 10.9 Å².